The molecule has 1 fully saturated rings. The van der Waals surface area contributed by atoms with Gasteiger partial charge in [-0.1, -0.05) is 6.92 Å². The maximum absolute atomic E-state index is 10.9. The van der Waals surface area contributed by atoms with Crippen LogP contribution in [0.25, 0.3) is 0 Å². The van der Waals surface area contributed by atoms with Gasteiger partial charge in [0.05, 0.1) is 0 Å². The van der Waals surface area contributed by atoms with Gasteiger partial charge in [-0.25, -0.2) is 0 Å². The second-order valence-corrected chi connectivity index (χ2v) is 3.26. The summed E-state index contributed by atoms with van der Waals surface area (Å²) in [4.78, 5) is 12.9. The minimum absolute atomic E-state index is 0.589. The van der Waals surface area contributed by atoms with Crippen LogP contribution in [0.5, 0.6) is 0 Å². The number of nitrogens with zero attached hydrogens (tertiary/aromatic N) is 1. The second kappa shape index (κ2) is 2.81. The summed E-state index contributed by atoms with van der Waals surface area (Å²) < 4.78 is 0. The molecule has 0 aliphatic carbocycles. The van der Waals surface area contributed by atoms with Gasteiger partial charge in [-0.3, -0.25) is 9.69 Å². The fourth-order valence-corrected chi connectivity index (χ4v) is 1.77. The quantitative estimate of drug-likeness (QED) is 0.648. The van der Waals surface area contributed by atoms with Crippen molar-refractivity contribution in [1.82, 2.24) is 4.90 Å². The first-order valence-corrected chi connectivity index (χ1v) is 4.09. The fourth-order valence-electron chi connectivity index (χ4n) is 1.77. The standard InChI is InChI=1S/C8H15NO2/c1-3-9-6-4-5-8(9,2)7(10)11/h3-6H2,1-2H3,(H,10,11)/t8-/m0/s1. The first kappa shape index (κ1) is 8.53. The lowest BCUT2D eigenvalue weighted by Crippen LogP contribution is -2.47. The van der Waals surface area contributed by atoms with Crippen LogP contribution in [-0.2, 0) is 4.79 Å². The van der Waals surface area contributed by atoms with Crippen molar-refractivity contribution in [3.05, 3.63) is 0 Å². The minimum Gasteiger partial charge on any atom is -0.480 e. The van der Waals surface area contributed by atoms with Crippen molar-refractivity contribution in [2.75, 3.05) is 13.1 Å². The van der Waals surface area contributed by atoms with Crippen LogP contribution in [0.15, 0.2) is 0 Å². The molecule has 0 spiro atoms. The third-order valence-corrected chi connectivity index (χ3v) is 2.63. The highest BCUT2D eigenvalue weighted by Gasteiger charge is 2.42. The van der Waals surface area contributed by atoms with E-state index < -0.39 is 11.5 Å². The summed E-state index contributed by atoms with van der Waals surface area (Å²) in [5.41, 5.74) is -0.589. The smallest absolute Gasteiger partial charge is 0.323 e. The topological polar surface area (TPSA) is 40.5 Å². The molecule has 0 aromatic heterocycles. The zero-order valence-electron chi connectivity index (χ0n) is 7.13. The highest BCUT2D eigenvalue weighted by molar-refractivity contribution is 5.78. The van der Waals surface area contributed by atoms with Gasteiger partial charge in [0, 0.05) is 0 Å². The van der Waals surface area contributed by atoms with Gasteiger partial charge in [0.25, 0.3) is 0 Å². The Morgan fingerprint density at radius 2 is 2.36 bits per heavy atom. The number of hydrogen-bond acceptors (Lipinski definition) is 2. The summed E-state index contributed by atoms with van der Waals surface area (Å²) in [5, 5.41) is 8.93. The Labute approximate surface area is 67.0 Å². The van der Waals surface area contributed by atoms with Crippen molar-refractivity contribution in [2.24, 2.45) is 0 Å². The number of likely N-dealkylation sites (N-methyl/N-ethyl adjacent to an activating group) is 1. The predicted molar refractivity (Wildman–Crippen MR) is 42.5 cm³/mol. The van der Waals surface area contributed by atoms with Crippen molar-refractivity contribution in [3.63, 3.8) is 0 Å². The van der Waals surface area contributed by atoms with E-state index in [0.717, 1.165) is 25.9 Å². The van der Waals surface area contributed by atoms with E-state index >= 15 is 0 Å². The van der Waals surface area contributed by atoms with E-state index in [-0.39, 0.29) is 0 Å². The van der Waals surface area contributed by atoms with Crippen LogP contribution < -0.4 is 0 Å². The Bertz CT molecular complexity index is 169. The van der Waals surface area contributed by atoms with E-state index in [1.165, 1.54) is 0 Å². The first-order chi connectivity index (χ1) is 5.11. The molecule has 1 rings (SSSR count). The summed E-state index contributed by atoms with van der Waals surface area (Å²) in [6.07, 6.45) is 1.80. The summed E-state index contributed by atoms with van der Waals surface area (Å²) >= 11 is 0. The molecule has 1 aliphatic rings. The molecule has 0 aromatic carbocycles. The molecule has 0 aromatic rings. The molecule has 3 heteroatoms. The van der Waals surface area contributed by atoms with Crippen LogP contribution in [0, 0.1) is 0 Å². The summed E-state index contributed by atoms with van der Waals surface area (Å²) in [6.45, 7) is 5.58. The van der Waals surface area contributed by atoms with E-state index in [2.05, 4.69) is 0 Å². The van der Waals surface area contributed by atoms with Gasteiger partial charge >= 0.3 is 5.97 Å². The van der Waals surface area contributed by atoms with Gasteiger partial charge in [0.2, 0.25) is 0 Å². The highest BCUT2D eigenvalue weighted by atomic mass is 16.4. The Balaban J connectivity index is 2.75. The Hall–Kier alpha value is -0.570. The molecule has 1 aliphatic heterocycles. The lowest BCUT2D eigenvalue weighted by atomic mass is 9.99. The number of rotatable bonds is 2. The Morgan fingerprint density at radius 1 is 1.73 bits per heavy atom. The number of carbonyl (C=O) groups is 1. The largest absolute Gasteiger partial charge is 0.480 e. The lowest BCUT2D eigenvalue weighted by molar-refractivity contribution is -0.148. The molecule has 1 atom stereocenters. The number of hydrogen-bond donors (Lipinski definition) is 1. The SMILES string of the molecule is CCN1CCC[C@@]1(C)C(=O)O. The molecule has 64 valence electrons. The molecule has 11 heavy (non-hydrogen) atoms. The summed E-state index contributed by atoms with van der Waals surface area (Å²) in [5.74, 6) is -0.683. The molecule has 3 nitrogen and oxygen atoms in total. The van der Waals surface area contributed by atoms with Gasteiger partial charge in [0.1, 0.15) is 5.54 Å². The monoisotopic (exact) mass is 157 g/mol. The molecule has 1 heterocycles. The van der Waals surface area contributed by atoms with E-state index in [9.17, 15) is 4.79 Å². The zero-order valence-corrected chi connectivity index (χ0v) is 7.13. The van der Waals surface area contributed by atoms with Crippen LogP contribution in [-0.4, -0.2) is 34.6 Å². The molecule has 0 amide bonds. The number of carboxylic acids is 1. The molecular formula is C8H15NO2. The molecular weight excluding hydrogens is 142 g/mol. The van der Waals surface area contributed by atoms with Crippen LogP contribution >= 0.6 is 0 Å². The molecule has 0 bridgehead atoms. The van der Waals surface area contributed by atoms with Crippen LogP contribution in [0.1, 0.15) is 26.7 Å². The molecule has 1 N–H and O–H groups in total. The molecule has 1 saturated heterocycles. The van der Waals surface area contributed by atoms with Gasteiger partial charge in [-0.15, -0.1) is 0 Å². The highest BCUT2D eigenvalue weighted by Crippen LogP contribution is 2.28. The van der Waals surface area contributed by atoms with Crippen molar-refractivity contribution in [1.29, 1.82) is 0 Å². The summed E-state index contributed by atoms with van der Waals surface area (Å²) in [6, 6.07) is 0. The minimum atomic E-state index is -0.683. The predicted octanol–water partition coefficient (Wildman–Crippen LogP) is 0.945. The van der Waals surface area contributed by atoms with Gasteiger partial charge in [-0.05, 0) is 32.9 Å². The van der Waals surface area contributed by atoms with Crippen molar-refractivity contribution in [2.45, 2.75) is 32.2 Å². The van der Waals surface area contributed by atoms with Crippen LogP contribution in [0.2, 0.25) is 0 Å². The Kier molecular flexibility index (Phi) is 2.18. The van der Waals surface area contributed by atoms with Gasteiger partial charge < -0.3 is 5.11 Å². The number of likely N-dealkylation sites (tertiary alicyclic amines) is 1. The second-order valence-electron chi connectivity index (χ2n) is 3.26. The maximum Gasteiger partial charge on any atom is 0.323 e. The third-order valence-electron chi connectivity index (χ3n) is 2.63. The summed E-state index contributed by atoms with van der Waals surface area (Å²) in [7, 11) is 0. The average Bonchev–Trinajstić information content (AvgIpc) is 2.32. The Morgan fingerprint density at radius 3 is 2.73 bits per heavy atom. The number of aliphatic carboxylic acids is 1. The van der Waals surface area contributed by atoms with Crippen molar-refractivity contribution >= 4 is 5.97 Å². The fraction of sp³-hybridized carbons (Fsp3) is 0.875. The number of carboxylic acid groups (broad SMARTS) is 1. The molecule has 0 saturated carbocycles. The van der Waals surface area contributed by atoms with Gasteiger partial charge in [-0.2, -0.15) is 0 Å². The maximum atomic E-state index is 10.9. The van der Waals surface area contributed by atoms with Crippen molar-refractivity contribution < 1.29 is 9.90 Å². The van der Waals surface area contributed by atoms with Crippen molar-refractivity contribution in [3.8, 4) is 0 Å². The van der Waals surface area contributed by atoms with Gasteiger partial charge in [0.15, 0.2) is 0 Å². The molecule has 0 radical (unpaired) electrons. The van der Waals surface area contributed by atoms with E-state index in [0.29, 0.717) is 0 Å². The van der Waals surface area contributed by atoms with Crippen LogP contribution in [0.3, 0.4) is 0 Å². The van der Waals surface area contributed by atoms with E-state index in [4.69, 9.17) is 5.11 Å². The average molecular weight is 157 g/mol. The lowest BCUT2D eigenvalue weighted by Gasteiger charge is -2.29. The van der Waals surface area contributed by atoms with E-state index in [1.807, 2.05) is 18.7 Å². The normalized spacial score (nSPS) is 32.5. The third kappa shape index (κ3) is 1.25. The van der Waals surface area contributed by atoms with Crippen LogP contribution in [0.4, 0.5) is 0 Å². The van der Waals surface area contributed by atoms with E-state index in [1.54, 1.807) is 0 Å². The molecule has 0 unspecified atom stereocenters. The zero-order chi connectivity index (χ0) is 8.48. The first-order valence-electron chi connectivity index (χ1n) is 4.09.